The van der Waals surface area contributed by atoms with E-state index in [0.29, 0.717) is 17.6 Å². The Morgan fingerprint density at radius 3 is 1.83 bits per heavy atom. The number of nitrogens with zero attached hydrogens (tertiary/aromatic N) is 2. The van der Waals surface area contributed by atoms with E-state index >= 15 is 0 Å². The van der Waals surface area contributed by atoms with Crippen molar-refractivity contribution in [3.8, 4) is 0 Å². The highest BCUT2D eigenvalue weighted by Crippen LogP contribution is 2.29. The summed E-state index contributed by atoms with van der Waals surface area (Å²) in [4.78, 5) is 5.17. The van der Waals surface area contributed by atoms with E-state index < -0.39 is 0 Å². The van der Waals surface area contributed by atoms with Gasteiger partial charge in [-0.1, -0.05) is 20.8 Å². The standard InChI is InChI=1S/C20H40N2O2/c1-19(2,3)7-8-21-9-11-22(12-10-21)13-14-23-17-15-18(16-17)24-20(4,5)6/h17-18H,7-16H2,1-6H3. The van der Waals surface area contributed by atoms with E-state index in [9.17, 15) is 0 Å². The normalized spacial score (nSPS) is 27.2. The zero-order chi connectivity index (χ0) is 17.8. The molecule has 0 atom stereocenters. The first kappa shape index (κ1) is 20.2. The molecule has 0 aromatic carbocycles. The number of hydrogen-bond acceptors (Lipinski definition) is 4. The number of ether oxygens (including phenoxy) is 2. The molecular weight excluding hydrogens is 300 g/mol. The van der Waals surface area contributed by atoms with Gasteiger partial charge in [0, 0.05) is 32.7 Å². The van der Waals surface area contributed by atoms with Crippen molar-refractivity contribution < 1.29 is 9.47 Å². The predicted octanol–water partition coefficient (Wildman–Crippen LogP) is 3.40. The van der Waals surface area contributed by atoms with Gasteiger partial charge in [-0.15, -0.1) is 0 Å². The van der Waals surface area contributed by atoms with Crippen LogP contribution in [0.3, 0.4) is 0 Å². The molecule has 0 aromatic rings. The maximum Gasteiger partial charge on any atom is 0.0631 e. The highest BCUT2D eigenvalue weighted by Gasteiger charge is 2.33. The molecule has 0 unspecified atom stereocenters. The minimum absolute atomic E-state index is 0.0255. The second-order valence-electron chi connectivity index (χ2n) is 9.81. The summed E-state index contributed by atoms with van der Waals surface area (Å²) in [6, 6.07) is 0. The van der Waals surface area contributed by atoms with Crippen molar-refractivity contribution in [1.82, 2.24) is 9.80 Å². The molecule has 2 rings (SSSR count). The topological polar surface area (TPSA) is 24.9 Å². The third kappa shape index (κ3) is 7.81. The largest absolute Gasteiger partial charge is 0.377 e. The Balaban J connectivity index is 1.49. The van der Waals surface area contributed by atoms with Crippen molar-refractivity contribution in [3.05, 3.63) is 0 Å². The zero-order valence-corrected chi connectivity index (χ0v) is 16.9. The molecule has 1 aliphatic heterocycles. The first-order valence-corrected chi connectivity index (χ1v) is 9.85. The van der Waals surface area contributed by atoms with Crippen LogP contribution in [0.4, 0.5) is 0 Å². The first-order valence-electron chi connectivity index (χ1n) is 9.85. The lowest BCUT2D eigenvalue weighted by Crippen LogP contribution is -2.48. The zero-order valence-electron chi connectivity index (χ0n) is 16.9. The van der Waals surface area contributed by atoms with Gasteiger partial charge >= 0.3 is 0 Å². The lowest BCUT2D eigenvalue weighted by Gasteiger charge is -2.40. The molecule has 1 saturated heterocycles. The molecule has 1 aliphatic carbocycles. The molecule has 142 valence electrons. The van der Waals surface area contributed by atoms with Gasteiger partial charge in [-0.05, 0) is 52.0 Å². The van der Waals surface area contributed by atoms with E-state index in [4.69, 9.17) is 9.47 Å². The average molecular weight is 341 g/mol. The monoisotopic (exact) mass is 340 g/mol. The molecule has 0 aromatic heterocycles. The molecule has 0 amide bonds. The Morgan fingerprint density at radius 1 is 0.792 bits per heavy atom. The Bertz CT molecular complexity index is 359. The number of piperazine rings is 1. The van der Waals surface area contributed by atoms with Gasteiger partial charge in [0.05, 0.1) is 24.4 Å². The fraction of sp³-hybridized carbons (Fsp3) is 1.00. The van der Waals surface area contributed by atoms with Crippen LogP contribution < -0.4 is 0 Å². The van der Waals surface area contributed by atoms with Crippen LogP contribution in [0, 0.1) is 5.41 Å². The van der Waals surface area contributed by atoms with Crippen LogP contribution in [0.1, 0.15) is 60.8 Å². The van der Waals surface area contributed by atoms with Crippen LogP contribution in [0.25, 0.3) is 0 Å². The Hall–Kier alpha value is -0.160. The van der Waals surface area contributed by atoms with E-state index in [1.807, 2.05) is 0 Å². The minimum atomic E-state index is -0.0255. The maximum atomic E-state index is 6.01. The van der Waals surface area contributed by atoms with Gasteiger partial charge in [0.1, 0.15) is 0 Å². The summed E-state index contributed by atoms with van der Waals surface area (Å²) < 4.78 is 12.0. The van der Waals surface area contributed by atoms with E-state index in [1.54, 1.807) is 0 Å². The second kappa shape index (κ2) is 8.48. The Labute approximate surface area is 149 Å². The van der Waals surface area contributed by atoms with E-state index in [-0.39, 0.29) is 5.60 Å². The van der Waals surface area contributed by atoms with Crippen molar-refractivity contribution in [3.63, 3.8) is 0 Å². The highest BCUT2D eigenvalue weighted by atomic mass is 16.5. The summed E-state index contributed by atoms with van der Waals surface area (Å²) in [5.41, 5.74) is 0.421. The molecule has 0 bridgehead atoms. The summed E-state index contributed by atoms with van der Waals surface area (Å²) in [6.07, 6.45) is 4.25. The summed E-state index contributed by atoms with van der Waals surface area (Å²) in [6.45, 7) is 21.4. The van der Waals surface area contributed by atoms with Crippen molar-refractivity contribution in [2.45, 2.75) is 78.6 Å². The van der Waals surface area contributed by atoms with Gasteiger partial charge in [-0.3, -0.25) is 4.90 Å². The van der Waals surface area contributed by atoms with Crippen LogP contribution in [0.2, 0.25) is 0 Å². The van der Waals surface area contributed by atoms with Crippen molar-refractivity contribution >= 4 is 0 Å². The molecule has 1 saturated carbocycles. The number of hydrogen-bond donors (Lipinski definition) is 0. The molecular formula is C20H40N2O2. The first-order chi connectivity index (χ1) is 11.1. The number of rotatable bonds is 7. The van der Waals surface area contributed by atoms with Gasteiger partial charge in [0.15, 0.2) is 0 Å². The van der Waals surface area contributed by atoms with Gasteiger partial charge in [0.25, 0.3) is 0 Å². The van der Waals surface area contributed by atoms with Crippen molar-refractivity contribution in [1.29, 1.82) is 0 Å². The third-order valence-corrected chi connectivity index (χ3v) is 4.98. The molecule has 2 aliphatic rings. The molecule has 4 heteroatoms. The van der Waals surface area contributed by atoms with Crippen molar-refractivity contribution in [2.24, 2.45) is 5.41 Å². The van der Waals surface area contributed by atoms with Crippen LogP contribution in [0.5, 0.6) is 0 Å². The highest BCUT2D eigenvalue weighted by molar-refractivity contribution is 4.83. The molecule has 0 N–H and O–H groups in total. The second-order valence-corrected chi connectivity index (χ2v) is 9.81. The van der Waals surface area contributed by atoms with Gasteiger partial charge in [0.2, 0.25) is 0 Å². The predicted molar refractivity (Wildman–Crippen MR) is 101 cm³/mol. The van der Waals surface area contributed by atoms with Gasteiger partial charge in [-0.25, -0.2) is 0 Å². The molecule has 0 radical (unpaired) electrons. The van der Waals surface area contributed by atoms with Gasteiger partial charge in [-0.2, -0.15) is 0 Å². The van der Waals surface area contributed by atoms with E-state index in [2.05, 4.69) is 51.3 Å². The summed E-state index contributed by atoms with van der Waals surface area (Å²) >= 11 is 0. The minimum Gasteiger partial charge on any atom is -0.377 e. The van der Waals surface area contributed by atoms with Gasteiger partial charge < -0.3 is 14.4 Å². The molecule has 4 nitrogen and oxygen atoms in total. The quantitative estimate of drug-likeness (QED) is 0.709. The molecule has 24 heavy (non-hydrogen) atoms. The van der Waals surface area contributed by atoms with E-state index in [0.717, 1.165) is 26.0 Å². The Morgan fingerprint density at radius 2 is 1.33 bits per heavy atom. The summed E-state index contributed by atoms with van der Waals surface area (Å²) in [5.74, 6) is 0. The molecule has 2 fully saturated rings. The summed E-state index contributed by atoms with van der Waals surface area (Å²) in [7, 11) is 0. The maximum absolute atomic E-state index is 6.01. The smallest absolute Gasteiger partial charge is 0.0631 e. The average Bonchev–Trinajstić information content (AvgIpc) is 2.41. The lowest BCUT2D eigenvalue weighted by molar-refractivity contribution is -0.149. The molecule has 1 heterocycles. The van der Waals surface area contributed by atoms with Crippen LogP contribution in [-0.4, -0.2) is 73.5 Å². The van der Waals surface area contributed by atoms with Crippen molar-refractivity contribution in [2.75, 3.05) is 45.9 Å². The van der Waals surface area contributed by atoms with Crippen LogP contribution in [0.15, 0.2) is 0 Å². The van der Waals surface area contributed by atoms with Crippen LogP contribution >= 0.6 is 0 Å². The fourth-order valence-corrected chi connectivity index (χ4v) is 3.33. The van der Waals surface area contributed by atoms with E-state index in [1.165, 1.54) is 39.1 Å². The van der Waals surface area contributed by atoms with Crippen LogP contribution in [-0.2, 0) is 9.47 Å². The molecule has 0 spiro atoms. The fourth-order valence-electron chi connectivity index (χ4n) is 3.33. The SMILES string of the molecule is CC(C)(C)CCN1CCN(CCOC2CC(OC(C)(C)C)C2)CC1. The third-order valence-electron chi connectivity index (χ3n) is 4.98. The Kier molecular flexibility index (Phi) is 7.12. The summed E-state index contributed by atoms with van der Waals surface area (Å²) in [5, 5.41) is 0. The lowest BCUT2D eigenvalue weighted by atomic mass is 9.91.